The third kappa shape index (κ3) is 5.32. The number of para-hydroxylation sites is 2. The molecule has 1 unspecified atom stereocenters. The monoisotopic (exact) mass is 540 g/mol. The maximum Gasteiger partial charge on any atom is 0.191 e. The highest BCUT2D eigenvalue weighted by atomic mass is 127. The van der Waals surface area contributed by atoms with E-state index in [-0.39, 0.29) is 24.0 Å². The van der Waals surface area contributed by atoms with Crippen molar-refractivity contribution in [2.45, 2.75) is 12.6 Å². The van der Waals surface area contributed by atoms with Crippen LogP contribution in [0.5, 0.6) is 0 Å². The van der Waals surface area contributed by atoms with Gasteiger partial charge in [0, 0.05) is 38.6 Å². The third-order valence-corrected chi connectivity index (χ3v) is 6.31. The van der Waals surface area contributed by atoms with Crippen molar-refractivity contribution in [3.8, 4) is 0 Å². The molecule has 0 aliphatic carbocycles. The van der Waals surface area contributed by atoms with Crippen molar-refractivity contribution in [1.29, 1.82) is 0 Å². The minimum atomic E-state index is 0. The van der Waals surface area contributed by atoms with E-state index in [9.17, 15) is 0 Å². The van der Waals surface area contributed by atoms with Gasteiger partial charge in [0.1, 0.15) is 5.82 Å². The molecule has 3 aromatic rings. The van der Waals surface area contributed by atoms with Gasteiger partial charge < -0.3 is 19.9 Å². The van der Waals surface area contributed by atoms with Gasteiger partial charge in [-0.25, -0.2) is 4.98 Å². The van der Waals surface area contributed by atoms with Crippen LogP contribution < -0.4 is 10.6 Å². The Labute approximate surface area is 198 Å². The Morgan fingerprint density at radius 2 is 2.00 bits per heavy atom. The van der Waals surface area contributed by atoms with Gasteiger partial charge in [-0.2, -0.15) is 0 Å². The first-order chi connectivity index (χ1) is 14.3. The molecule has 1 aliphatic rings. The summed E-state index contributed by atoms with van der Waals surface area (Å²) in [6.07, 6.45) is 0. The van der Waals surface area contributed by atoms with Crippen LogP contribution in [0, 0.1) is 0 Å². The summed E-state index contributed by atoms with van der Waals surface area (Å²) in [6, 6.07) is 12.8. The SMILES string of the molecule is CN=C(NCc1nc2ccccc2n1C)NCC(c1cccs1)N1CCOCC1.I. The average molecular weight is 540 g/mol. The molecule has 1 saturated heterocycles. The van der Waals surface area contributed by atoms with Crippen molar-refractivity contribution < 1.29 is 4.74 Å². The normalized spacial score (nSPS) is 16.3. The Balaban J connectivity index is 0.00000256. The lowest BCUT2D eigenvalue weighted by Crippen LogP contribution is -2.46. The average Bonchev–Trinajstić information content (AvgIpc) is 3.40. The molecule has 1 fully saturated rings. The standard InChI is InChI=1S/C21H28N6OS.HI/c1-22-21(24-15-20-25-16-6-3-4-7-17(16)26(20)2)23-14-18(19-8-5-13-29-19)27-9-11-28-12-10-27;/h3-8,13,18H,9-12,14-15H2,1-2H3,(H2,22,23,24);1H. The van der Waals surface area contributed by atoms with E-state index in [2.05, 4.69) is 48.7 Å². The highest BCUT2D eigenvalue weighted by Crippen LogP contribution is 2.25. The molecule has 7 nitrogen and oxygen atoms in total. The number of benzene rings is 1. The largest absolute Gasteiger partial charge is 0.379 e. The molecule has 1 aromatic carbocycles. The maximum atomic E-state index is 5.53. The lowest BCUT2D eigenvalue weighted by atomic mass is 10.2. The second-order valence-electron chi connectivity index (χ2n) is 7.06. The quantitative estimate of drug-likeness (QED) is 0.286. The van der Waals surface area contributed by atoms with E-state index in [4.69, 9.17) is 9.72 Å². The number of imidazole rings is 1. The molecule has 0 amide bonds. The fourth-order valence-electron chi connectivity index (χ4n) is 3.71. The molecular formula is C21H29IN6OS. The number of nitrogens with one attached hydrogen (secondary N) is 2. The smallest absolute Gasteiger partial charge is 0.191 e. The summed E-state index contributed by atoms with van der Waals surface area (Å²) in [5.74, 6) is 1.77. The van der Waals surface area contributed by atoms with E-state index in [1.54, 1.807) is 18.4 Å². The van der Waals surface area contributed by atoms with Gasteiger partial charge in [0.25, 0.3) is 0 Å². The number of halogens is 1. The molecule has 4 rings (SSSR count). The molecule has 0 saturated carbocycles. The molecule has 2 aromatic heterocycles. The van der Waals surface area contributed by atoms with Crippen LogP contribution in [0.25, 0.3) is 11.0 Å². The van der Waals surface area contributed by atoms with Crippen molar-refractivity contribution in [3.05, 3.63) is 52.5 Å². The number of nitrogens with zero attached hydrogens (tertiary/aromatic N) is 4. The number of hydrogen-bond acceptors (Lipinski definition) is 5. The Morgan fingerprint density at radius 1 is 1.20 bits per heavy atom. The molecule has 162 valence electrons. The highest BCUT2D eigenvalue weighted by molar-refractivity contribution is 14.0. The zero-order valence-electron chi connectivity index (χ0n) is 17.4. The fourth-order valence-corrected chi connectivity index (χ4v) is 4.57. The second kappa shape index (κ2) is 11.1. The van der Waals surface area contributed by atoms with Gasteiger partial charge in [-0.15, -0.1) is 35.3 Å². The summed E-state index contributed by atoms with van der Waals surface area (Å²) >= 11 is 1.80. The van der Waals surface area contributed by atoms with Crippen LogP contribution in [-0.2, 0) is 18.3 Å². The minimum Gasteiger partial charge on any atom is -0.379 e. The summed E-state index contributed by atoms with van der Waals surface area (Å²) in [6.45, 7) is 4.91. The van der Waals surface area contributed by atoms with Gasteiger partial charge >= 0.3 is 0 Å². The number of rotatable bonds is 6. The zero-order valence-corrected chi connectivity index (χ0v) is 20.5. The summed E-state index contributed by atoms with van der Waals surface area (Å²) in [5, 5.41) is 9.05. The molecular weight excluding hydrogens is 511 g/mol. The Kier molecular flexibility index (Phi) is 8.49. The Hall–Kier alpha value is -1.69. The van der Waals surface area contributed by atoms with Crippen molar-refractivity contribution in [2.75, 3.05) is 39.9 Å². The number of guanidine groups is 1. The number of thiophene rings is 1. The van der Waals surface area contributed by atoms with Gasteiger partial charge in [-0.1, -0.05) is 18.2 Å². The van der Waals surface area contributed by atoms with Crippen molar-refractivity contribution in [1.82, 2.24) is 25.1 Å². The Morgan fingerprint density at radius 3 is 2.70 bits per heavy atom. The highest BCUT2D eigenvalue weighted by Gasteiger charge is 2.23. The van der Waals surface area contributed by atoms with Crippen LogP contribution in [0.4, 0.5) is 0 Å². The fraction of sp³-hybridized carbons (Fsp3) is 0.429. The molecule has 3 heterocycles. The van der Waals surface area contributed by atoms with Crippen LogP contribution in [0.2, 0.25) is 0 Å². The number of fused-ring (bicyclic) bond motifs is 1. The summed E-state index contributed by atoms with van der Waals surface area (Å²) in [7, 11) is 3.85. The number of aromatic nitrogens is 2. The summed E-state index contributed by atoms with van der Waals surface area (Å²) in [5.41, 5.74) is 2.15. The van der Waals surface area contributed by atoms with E-state index in [1.807, 2.05) is 25.2 Å². The molecule has 2 N–H and O–H groups in total. The number of aryl methyl sites for hydroxylation is 1. The van der Waals surface area contributed by atoms with Crippen LogP contribution in [-0.4, -0.2) is 60.3 Å². The molecule has 1 atom stereocenters. The first-order valence-electron chi connectivity index (χ1n) is 9.96. The lowest BCUT2D eigenvalue weighted by Gasteiger charge is -2.34. The number of hydrogen-bond donors (Lipinski definition) is 2. The van der Waals surface area contributed by atoms with Gasteiger partial charge in [0.05, 0.1) is 36.8 Å². The van der Waals surface area contributed by atoms with Crippen LogP contribution >= 0.6 is 35.3 Å². The van der Waals surface area contributed by atoms with Gasteiger partial charge in [0.15, 0.2) is 5.96 Å². The van der Waals surface area contributed by atoms with E-state index in [0.717, 1.165) is 55.7 Å². The van der Waals surface area contributed by atoms with Crippen molar-refractivity contribution in [2.24, 2.45) is 12.0 Å². The molecule has 0 radical (unpaired) electrons. The van der Waals surface area contributed by atoms with Crippen molar-refractivity contribution >= 4 is 52.3 Å². The predicted octanol–water partition coefficient (Wildman–Crippen LogP) is 2.99. The molecule has 9 heteroatoms. The minimum absolute atomic E-state index is 0. The van der Waals surface area contributed by atoms with Crippen molar-refractivity contribution in [3.63, 3.8) is 0 Å². The molecule has 1 aliphatic heterocycles. The third-order valence-electron chi connectivity index (χ3n) is 5.34. The number of ether oxygens (including phenoxy) is 1. The predicted molar refractivity (Wildman–Crippen MR) is 134 cm³/mol. The molecule has 0 bridgehead atoms. The van der Waals surface area contributed by atoms with E-state index >= 15 is 0 Å². The first kappa shape index (κ1) is 23.0. The summed E-state index contributed by atoms with van der Waals surface area (Å²) < 4.78 is 7.66. The maximum absolute atomic E-state index is 5.53. The second-order valence-corrected chi connectivity index (χ2v) is 8.04. The first-order valence-corrected chi connectivity index (χ1v) is 10.8. The van der Waals surface area contributed by atoms with Gasteiger partial charge in [-0.05, 0) is 23.6 Å². The number of aliphatic imine (C=N–C) groups is 1. The van der Waals surface area contributed by atoms with E-state index in [0.29, 0.717) is 12.6 Å². The number of morpholine rings is 1. The molecule has 0 spiro atoms. The topological polar surface area (TPSA) is 66.7 Å². The Bertz CT molecular complexity index is 952. The summed E-state index contributed by atoms with van der Waals surface area (Å²) in [4.78, 5) is 13.0. The van der Waals surface area contributed by atoms with Crippen LogP contribution in [0.15, 0.2) is 46.8 Å². The molecule has 30 heavy (non-hydrogen) atoms. The van der Waals surface area contributed by atoms with Gasteiger partial charge in [-0.3, -0.25) is 9.89 Å². The van der Waals surface area contributed by atoms with E-state index in [1.165, 1.54) is 4.88 Å². The van der Waals surface area contributed by atoms with Crippen LogP contribution in [0.3, 0.4) is 0 Å². The van der Waals surface area contributed by atoms with Gasteiger partial charge in [0.2, 0.25) is 0 Å². The zero-order chi connectivity index (χ0) is 20.1. The van der Waals surface area contributed by atoms with Crippen LogP contribution in [0.1, 0.15) is 16.7 Å². The lowest BCUT2D eigenvalue weighted by molar-refractivity contribution is 0.0177. The van der Waals surface area contributed by atoms with E-state index < -0.39 is 0 Å².